The maximum absolute atomic E-state index is 6.01. The van der Waals surface area contributed by atoms with Gasteiger partial charge in [0.15, 0.2) is 0 Å². The predicted molar refractivity (Wildman–Crippen MR) is 84.6 cm³/mol. The number of aromatic nitrogens is 3. The van der Waals surface area contributed by atoms with Gasteiger partial charge in [0.1, 0.15) is 0 Å². The SMILES string of the molecule is CCCNc1nc(Nc2cc(Cl)ccc2C)nc(OC)n1. The summed E-state index contributed by atoms with van der Waals surface area (Å²) >= 11 is 6.01. The van der Waals surface area contributed by atoms with Crippen molar-refractivity contribution in [3.63, 3.8) is 0 Å². The lowest BCUT2D eigenvalue weighted by Gasteiger charge is -2.11. The molecule has 0 atom stereocenters. The Kier molecular flexibility index (Phi) is 5.16. The van der Waals surface area contributed by atoms with Crippen LogP contribution in [0.4, 0.5) is 17.6 Å². The van der Waals surface area contributed by atoms with Crippen LogP contribution in [0.1, 0.15) is 18.9 Å². The summed E-state index contributed by atoms with van der Waals surface area (Å²) < 4.78 is 5.10. The summed E-state index contributed by atoms with van der Waals surface area (Å²) in [6.07, 6.45) is 0.976. The molecule has 0 saturated carbocycles. The summed E-state index contributed by atoms with van der Waals surface area (Å²) in [6.45, 7) is 4.83. The Hall–Kier alpha value is -2.08. The Labute approximate surface area is 128 Å². The van der Waals surface area contributed by atoms with Gasteiger partial charge >= 0.3 is 6.01 Å². The minimum Gasteiger partial charge on any atom is -0.467 e. The first-order valence-corrected chi connectivity index (χ1v) is 7.07. The monoisotopic (exact) mass is 307 g/mol. The summed E-state index contributed by atoms with van der Waals surface area (Å²) in [6, 6.07) is 5.85. The molecule has 112 valence electrons. The lowest BCUT2D eigenvalue weighted by atomic mass is 10.2. The highest BCUT2D eigenvalue weighted by Gasteiger charge is 2.08. The van der Waals surface area contributed by atoms with Crippen LogP contribution < -0.4 is 15.4 Å². The maximum atomic E-state index is 6.01. The molecule has 6 nitrogen and oxygen atoms in total. The van der Waals surface area contributed by atoms with Crippen LogP contribution in [-0.4, -0.2) is 28.6 Å². The first-order valence-electron chi connectivity index (χ1n) is 6.69. The number of halogens is 1. The van der Waals surface area contributed by atoms with Crippen molar-refractivity contribution in [2.45, 2.75) is 20.3 Å². The third-order valence-electron chi connectivity index (χ3n) is 2.78. The van der Waals surface area contributed by atoms with E-state index in [4.69, 9.17) is 16.3 Å². The van der Waals surface area contributed by atoms with E-state index in [2.05, 4.69) is 32.5 Å². The van der Waals surface area contributed by atoms with E-state index < -0.39 is 0 Å². The fourth-order valence-corrected chi connectivity index (χ4v) is 1.84. The summed E-state index contributed by atoms with van der Waals surface area (Å²) in [5, 5.41) is 6.90. The molecule has 7 heteroatoms. The summed E-state index contributed by atoms with van der Waals surface area (Å²) in [7, 11) is 1.52. The van der Waals surface area contributed by atoms with Crippen molar-refractivity contribution in [1.82, 2.24) is 15.0 Å². The highest BCUT2D eigenvalue weighted by Crippen LogP contribution is 2.23. The number of aryl methyl sites for hydroxylation is 1. The zero-order valence-electron chi connectivity index (χ0n) is 12.3. The number of rotatable bonds is 6. The van der Waals surface area contributed by atoms with Crippen molar-refractivity contribution in [2.75, 3.05) is 24.3 Å². The molecule has 0 unspecified atom stereocenters. The smallest absolute Gasteiger partial charge is 0.322 e. The second-order valence-corrected chi connectivity index (χ2v) is 4.92. The molecule has 2 aromatic rings. The molecular weight excluding hydrogens is 290 g/mol. The lowest BCUT2D eigenvalue weighted by Crippen LogP contribution is -2.09. The molecule has 0 amide bonds. The molecule has 1 aromatic heterocycles. The normalized spacial score (nSPS) is 10.3. The summed E-state index contributed by atoms with van der Waals surface area (Å²) in [4.78, 5) is 12.7. The van der Waals surface area contributed by atoms with E-state index in [-0.39, 0.29) is 6.01 Å². The topological polar surface area (TPSA) is 72.0 Å². The Morgan fingerprint density at radius 2 is 1.95 bits per heavy atom. The van der Waals surface area contributed by atoms with Gasteiger partial charge in [-0.2, -0.15) is 15.0 Å². The molecule has 0 aliphatic rings. The summed E-state index contributed by atoms with van der Waals surface area (Å²) in [5.74, 6) is 0.886. The van der Waals surface area contributed by atoms with Crippen molar-refractivity contribution in [3.8, 4) is 6.01 Å². The van der Waals surface area contributed by atoms with Gasteiger partial charge in [-0.3, -0.25) is 0 Å². The molecule has 2 rings (SSSR count). The van der Waals surface area contributed by atoms with Gasteiger partial charge in [0, 0.05) is 17.3 Å². The number of benzene rings is 1. The first-order chi connectivity index (χ1) is 10.1. The summed E-state index contributed by atoms with van der Waals surface area (Å²) in [5.41, 5.74) is 1.89. The Morgan fingerprint density at radius 3 is 2.67 bits per heavy atom. The van der Waals surface area contributed by atoms with Crippen LogP contribution in [0, 0.1) is 6.92 Å². The van der Waals surface area contributed by atoms with Gasteiger partial charge in [-0.25, -0.2) is 0 Å². The maximum Gasteiger partial charge on any atom is 0.322 e. The van der Waals surface area contributed by atoms with Gasteiger partial charge in [0.05, 0.1) is 7.11 Å². The average Bonchev–Trinajstić information content (AvgIpc) is 2.48. The minimum atomic E-state index is 0.255. The van der Waals surface area contributed by atoms with Crippen LogP contribution >= 0.6 is 11.6 Å². The van der Waals surface area contributed by atoms with Crippen LogP contribution in [0.25, 0.3) is 0 Å². The predicted octanol–water partition coefficient (Wildman–Crippen LogP) is 3.41. The Balaban J connectivity index is 2.27. The molecular formula is C14H18ClN5O. The molecule has 0 fully saturated rings. The zero-order valence-corrected chi connectivity index (χ0v) is 13.0. The zero-order chi connectivity index (χ0) is 15.2. The number of methoxy groups -OCH3 is 1. The quantitative estimate of drug-likeness (QED) is 0.852. The highest BCUT2D eigenvalue weighted by molar-refractivity contribution is 6.30. The Bertz CT molecular complexity index is 620. The number of nitrogens with one attached hydrogen (secondary N) is 2. The number of ether oxygens (including phenoxy) is 1. The third kappa shape index (κ3) is 4.19. The van der Waals surface area contributed by atoms with Crippen LogP contribution in [-0.2, 0) is 0 Å². The van der Waals surface area contributed by atoms with E-state index in [1.54, 1.807) is 0 Å². The number of hydrogen-bond acceptors (Lipinski definition) is 6. The number of hydrogen-bond donors (Lipinski definition) is 2. The van der Waals surface area contributed by atoms with Crippen molar-refractivity contribution in [2.24, 2.45) is 0 Å². The van der Waals surface area contributed by atoms with Crippen molar-refractivity contribution in [1.29, 1.82) is 0 Å². The van der Waals surface area contributed by atoms with Crippen LogP contribution in [0.5, 0.6) is 6.01 Å². The molecule has 0 spiro atoms. The van der Waals surface area contributed by atoms with Crippen LogP contribution in [0.3, 0.4) is 0 Å². The Morgan fingerprint density at radius 1 is 1.19 bits per heavy atom. The largest absolute Gasteiger partial charge is 0.467 e. The van der Waals surface area contributed by atoms with Gasteiger partial charge < -0.3 is 15.4 Å². The third-order valence-corrected chi connectivity index (χ3v) is 3.01. The van der Waals surface area contributed by atoms with E-state index in [1.807, 2.05) is 25.1 Å². The van der Waals surface area contributed by atoms with E-state index >= 15 is 0 Å². The molecule has 21 heavy (non-hydrogen) atoms. The van der Waals surface area contributed by atoms with E-state index in [1.165, 1.54) is 7.11 Å². The van der Waals surface area contributed by atoms with Crippen LogP contribution in [0.15, 0.2) is 18.2 Å². The standard InChI is InChI=1S/C14H18ClN5O/c1-4-7-16-12-18-13(20-14(19-12)21-3)17-11-8-10(15)6-5-9(11)2/h5-6,8H,4,7H2,1-3H3,(H2,16,17,18,19,20). The molecule has 0 aliphatic carbocycles. The van der Waals surface area contributed by atoms with E-state index in [0.717, 1.165) is 24.2 Å². The van der Waals surface area contributed by atoms with Gasteiger partial charge in [0.2, 0.25) is 11.9 Å². The van der Waals surface area contributed by atoms with Crippen LogP contribution in [0.2, 0.25) is 5.02 Å². The molecule has 0 radical (unpaired) electrons. The lowest BCUT2D eigenvalue weighted by molar-refractivity contribution is 0.379. The van der Waals surface area contributed by atoms with Gasteiger partial charge in [-0.1, -0.05) is 24.6 Å². The number of anilines is 3. The second kappa shape index (κ2) is 7.08. The van der Waals surface area contributed by atoms with Gasteiger partial charge in [-0.15, -0.1) is 0 Å². The number of nitrogens with zero attached hydrogens (tertiary/aromatic N) is 3. The fraction of sp³-hybridized carbons (Fsp3) is 0.357. The average molecular weight is 308 g/mol. The molecule has 1 heterocycles. The molecule has 2 N–H and O–H groups in total. The van der Waals surface area contributed by atoms with E-state index in [0.29, 0.717) is 16.9 Å². The molecule has 0 saturated heterocycles. The molecule has 0 aliphatic heterocycles. The fourth-order valence-electron chi connectivity index (χ4n) is 1.67. The molecule has 1 aromatic carbocycles. The second-order valence-electron chi connectivity index (χ2n) is 4.48. The first kappa shape index (κ1) is 15.3. The van der Waals surface area contributed by atoms with Crippen molar-refractivity contribution in [3.05, 3.63) is 28.8 Å². The van der Waals surface area contributed by atoms with E-state index in [9.17, 15) is 0 Å². The highest BCUT2D eigenvalue weighted by atomic mass is 35.5. The molecule has 0 bridgehead atoms. The van der Waals surface area contributed by atoms with Crippen molar-refractivity contribution < 1.29 is 4.74 Å². The van der Waals surface area contributed by atoms with Gasteiger partial charge in [-0.05, 0) is 31.0 Å². The van der Waals surface area contributed by atoms with Crippen molar-refractivity contribution >= 4 is 29.2 Å². The van der Waals surface area contributed by atoms with Gasteiger partial charge in [0.25, 0.3) is 0 Å². The minimum absolute atomic E-state index is 0.255.